The summed E-state index contributed by atoms with van der Waals surface area (Å²) in [4.78, 5) is 43.8. The summed E-state index contributed by atoms with van der Waals surface area (Å²) in [5.41, 5.74) is -1.86. The summed E-state index contributed by atoms with van der Waals surface area (Å²) >= 11 is 9.22. The van der Waals surface area contributed by atoms with Gasteiger partial charge in [-0.2, -0.15) is 13.2 Å². The number of imidazole rings is 1. The molecule has 0 atom stereocenters. The Kier molecular flexibility index (Phi) is 5.76. The Balaban J connectivity index is 1.57. The molecule has 1 saturated heterocycles. The van der Waals surface area contributed by atoms with Gasteiger partial charge in [-0.15, -0.1) is 0 Å². The van der Waals surface area contributed by atoms with E-state index in [0.717, 1.165) is 10.5 Å². The van der Waals surface area contributed by atoms with Gasteiger partial charge in [-0.3, -0.25) is 18.8 Å². The van der Waals surface area contributed by atoms with Gasteiger partial charge < -0.3 is 9.80 Å². The molecule has 2 amide bonds. The van der Waals surface area contributed by atoms with E-state index in [4.69, 9.17) is 11.6 Å². The summed E-state index contributed by atoms with van der Waals surface area (Å²) in [6.07, 6.45) is -1.32. The molecular formula is C19H17BrClF3N4O3. The quantitative estimate of drug-likeness (QED) is 0.606. The topological polar surface area (TPSA) is 75.0 Å². The SMILES string of the molecule is O=C1CCC(N2CCN(C(=O)c3nc4c(C(F)(F)F)cc(Br)cn4c3Cl)CC2=O)CC1. The number of pyridine rings is 1. The molecule has 7 nitrogen and oxygen atoms in total. The highest BCUT2D eigenvalue weighted by Crippen LogP contribution is 2.36. The average molecular weight is 522 g/mol. The van der Waals surface area contributed by atoms with E-state index in [0.29, 0.717) is 25.7 Å². The van der Waals surface area contributed by atoms with Crippen LogP contribution in [-0.2, 0) is 15.8 Å². The number of fused-ring (bicyclic) bond motifs is 1. The maximum Gasteiger partial charge on any atom is 0.420 e. The lowest BCUT2D eigenvalue weighted by Crippen LogP contribution is -2.56. The Hall–Kier alpha value is -2.14. The van der Waals surface area contributed by atoms with Crippen molar-refractivity contribution < 1.29 is 27.6 Å². The van der Waals surface area contributed by atoms with Gasteiger partial charge in [0.2, 0.25) is 5.91 Å². The minimum Gasteiger partial charge on any atom is -0.336 e. The first kappa shape index (κ1) is 22.1. The van der Waals surface area contributed by atoms with E-state index in [2.05, 4.69) is 20.9 Å². The minimum atomic E-state index is -4.69. The van der Waals surface area contributed by atoms with Gasteiger partial charge in [-0.1, -0.05) is 11.6 Å². The largest absolute Gasteiger partial charge is 0.420 e. The third kappa shape index (κ3) is 4.17. The van der Waals surface area contributed by atoms with Crippen LogP contribution in [0.4, 0.5) is 13.2 Å². The van der Waals surface area contributed by atoms with E-state index in [1.165, 1.54) is 11.1 Å². The average Bonchev–Trinajstić information content (AvgIpc) is 3.03. The highest BCUT2D eigenvalue weighted by molar-refractivity contribution is 9.10. The first-order valence-electron chi connectivity index (χ1n) is 9.61. The Labute approximate surface area is 188 Å². The molecule has 0 aromatic carbocycles. The summed E-state index contributed by atoms with van der Waals surface area (Å²) < 4.78 is 41.3. The Morgan fingerprint density at radius 3 is 2.48 bits per heavy atom. The number of hydrogen-bond acceptors (Lipinski definition) is 4. The van der Waals surface area contributed by atoms with Crippen molar-refractivity contribution in [1.82, 2.24) is 19.2 Å². The number of ketones is 1. The first-order chi connectivity index (χ1) is 14.6. The zero-order valence-corrected chi connectivity index (χ0v) is 18.4. The Bertz CT molecular complexity index is 1080. The molecule has 3 heterocycles. The molecule has 31 heavy (non-hydrogen) atoms. The van der Waals surface area contributed by atoms with Crippen molar-refractivity contribution in [2.75, 3.05) is 19.6 Å². The van der Waals surface area contributed by atoms with Gasteiger partial charge in [-0.25, -0.2) is 4.98 Å². The molecule has 1 aliphatic carbocycles. The number of aromatic nitrogens is 2. The number of carbonyl (C=O) groups is 3. The van der Waals surface area contributed by atoms with E-state index in [1.54, 1.807) is 4.90 Å². The zero-order chi connectivity index (χ0) is 22.5. The van der Waals surface area contributed by atoms with Crippen LogP contribution in [0.2, 0.25) is 5.15 Å². The second kappa shape index (κ2) is 8.09. The normalized spacial score (nSPS) is 18.9. The maximum absolute atomic E-state index is 13.4. The van der Waals surface area contributed by atoms with Gasteiger partial charge in [0.05, 0.1) is 5.56 Å². The monoisotopic (exact) mass is 520 g/mol. The number of amides is 2. The molecule has 2 fully saturated rings. The lowest BCUT2D eigenvalue weighted by atomic mass is 9.92. The molecule has 2 aromatic heterocycles. The van der Waals surface area contributed by atoms with Crippen molar-refractivity contribution in [3.63, 3.8) is 0 Å². The molecule has 0 N–H and O–H groups in total. The van der Waals surface area contributed by atoms with Gasteiger partial charge in [0, 0.05) is 42.6 Å². The summed E-state index contributed by atoms with van der Waals surface area (Å²) in [5, 5.41) is -0.257. The van der Waals surface area contributed by atoms with Crippen molar-refractivity contribution in [3.8, 4) is 0 Å². The summed E-state index contributed by atoms with van der Waals surface area (Å²) in [5.74, 6) is -0.786. The standard InChI is InChI=1S/C19H17BrClF3N4O3/c20-10-7-13(19(22,23)24)17-25-15(16(21)28(17)8-10)18(31)26-5-6-27(14(30)9-26)11-1-3-12(29)4-2-11/h7-8,11H,1-6,9H2. The van der Waals surface area contributed by atoms with Crippen molar-refractivity contribution in [3.05, 3.63) is 33.1 Å². The van der Waals surface area contributed by atoms with Crippen LogP contribution in [-0.4, -0.2) is 62.5 Å². The number of alkyl halides is 3. The summed E-state index contributed by atoms with van der Waals surface area (Å²) in [6.45, 7) is 0.270. The van der Waals surface area contributed by atoms with Gasteiger partial charge in [-0.05, 0) is 34.8 Å². The van der Waals surface area contributed by atoms with Crippen molar-refractivity contribution in [1.29, 1.82) is 0 Å². The third-order valence-electron chi connectivity index (χ3n) is 5.63. The fourth-order valence-electron chi connectivity index (χ4n) is 4.06. The molecule has 2 aromatic rings. The first-order valence-corrected chi connectivity index (χ1v) is 10.8. The highest BCUT2D eigenvalue weighted by Gasteiger charge is 2.38. The highest BCUT2D eigenvalue weighted by atomic mass is 79.9. The minimum absolute atomic E-state index is 0.0343. The lowest BCUT2D eigenvalue weighted by Gasteiger charge is -2.40. The predicted octanol–water partition coefficient (Wildman–Crippen LogP) is 3.57. The number of carbonyl (C=O) groups excluding carboxylic acids is 3. The van der Waals surface area contributed by atoms with Crippen molar-refractivity contribution in [2.45, 2.75) is 37.9 Å². The number of Topliss-reactive ketones (excluding diaryl/α,β-unsaturated/α-hetero) is 1. The number of rotatable bonds is 2. The second-order valence-corrected chi connectivity index (χ2v) is 8.87. The number of piperazine rings is 1. The zero-order valence-electron chi connectivity index (χ0n) is 16.1. The van der Waals surface area contributed by atoms with Crippen LogP contribution in [0.3, 0.4) is 0 Å². The summed E-state index contributed by atoms with van der Waals surface area (Å²) in [7, 11) is 0. The molecule has 4 rings (SSSR count). The molecule has 1 saturated carbocycles. The molecule has 12 heteroatoms. The second-order valence-electron chi connectivity index (χ2n) is 7.60. The van der Waals surface area contributed by atoms with Crippen LogP contribution in [0.5, 0.6) is 0 Å². The molecular weight excluding hydrogens is 505 g/mol. The van der Waals surface area contributed by atoms with E-state index >= 15 is 0 Å². The Morgan fingerprint density at radius 1 is 1.19 bits per heavy atom. The molecule has 2 aliphatic rings. The van der Waals surface area contributed by atoms with Gasteiger partial charge in [0.15, 0.2) is 11.3 Å². The van der Waals surface area contributed by atoms with Crippen LogP contribution in [0.15, 0.2) is 16.7 Å². The molecule has 166 valence electrons. The number of hydrogen-bond donors (Lipinski definition) is 0. The van der Waals surface area contributed by atoms with Crippen LogP contribution < -0.4 is 0 Å². The van der Waals surface area contributed by atoms with Crippen LogP contribution >= 0.6 is 27.5 Å². The number of nitrogens with zero attached hydrogens (tertiary/aromatic N) is 4. The van der Waals surface area contributed by atoms with Gasteiger partial charge >= 0.3 is 6.18 Å². The van der Waals surface area contributed by atoms with E-state index < -0.39 is 23.3 Å². The Morgan fingerprint density at radius 2 is 1.87 bits per heavy atom. The van der Waals surface area contributed by atoms with Crippen LogP contribution in [0.25, 0.3) is 5.65 Å². The predicted molar refractivity (Wildman–Crippen MR) is 108 cm³/mol. The van der Waals surface area contributed by atoms with Crippen molar-refractivity contribution in [2.24, 2.45) is 0 Å². The lowest BCUT2D eigenvalue weighted by molar-refractivity contribution is -0.139. The molecule has 0 spiro atoms. The third-order valence-corrected chi connectivity index (χ3v) is 6.43. The summed E-state index contributed by atoms with van der Waals surface area (Å²) in [6, 6.07) is 0.831. The number of halogens is 5. The van der Waals surface area contributed by atoms with E-state index in [1.807, 2.05) is 0 Å². The van der Waals surface area contributed by atoms with Gasteiger partial charge in [0.1, 0.15) is 17.5 Å². The van der Waals surface area contributed by atoms with Crippen molar-refractivity contribution >= 4 is 50.8 Å². The van der Waals surface area contributed by atoms with Gasteiger partial charge in [0.25, 0.3) is 5.91 Å². The molecule has 0 unspecified atom stereocenters. The van der Waals surface area contributed by atoms with E-state index in [9.17, 15) is 27.6 Å². The van der Waals surface area contributed by atoms with Crippen LogP contribution in [0, 0.1) is 0 Å². The fraction of sp³-hybridized carbons (Fsp3) is 0.474. The maximum atomic E-state index is 13.4. The van der Waals surface area contributed by atoms with Crippen LogP contribution in [0.1, 0.15) is 41.7 Å². The smallest absolute Gasteiger partial charge is 0.336 e. The molecule has 0 bridgehead atoms. The molecule has 0 radical (unpaired) electrons. The fourth-order valence-corrected chi connectivity index (χ4v) is 4.75. The van der Waals surface area contributed by atoms with E-state index in [-0.39, 0.29) is 52.7 Å². The molecule has 1 aliphatic heterocycles.